The van der Waals surface area contributed by atoms with Gasteiger partial charge in [0.1, 0.15) is 0 Å². The summed E-state index contributed by atoms with van der Waals surface area (Å²) < 4.78 is 0. The van der Waals surface area contributed by atoms with Crippen LogP contribution >= 0.6 is 0 Å². The van der Waals surface area contributed by atoms with E-state index in [-0.39, 0.29) is 0 Å². The number of hydrogen-bond donors (Lipinski definition) is 1. The fourth-order valence-electron chi connectivity index (χ4n) is 3.15. The van der Waals surface area contributed by atoms with E-state index in [1.807, 2.05) is 0 Å². The Morgan fingerprint density at radius 3 is 2.53 bits per heavy atom. The maximum Gasteiger partial charge on any atom is 0.0210 e. The summed E-state index contributed by atoms with van der Waals surface area (Å²) in [5.41, 5.74) is 4.24. The van der Waals surface area contributed by atoms with E-state index in [1.54, 1.807) is 0 Å². The average molecular weight is 258 g/mol. The summed E-state index contributed by atoms with van der Waals surface area (Å²) >= 11 is 0. The molecule has 0 amide bonds. The second-order valence-electron chi connectivity index (χ2n) is 6.35. The molecule has 1 saturated heterocycles. The molecule has 2 fully saturated rings. The van der Waals surface area contributed by atoms with Gasteiger partial charge < -0.3 is 10.2 Å². The highest BCUT2D eigenvalue weighted by molar-refractivity contribution is 5.30. The van der Waals surface area contributed by atoms with Gasteiger partial charge in [-0.05, 0) is 63.7 Å². The number of benzene rings is 1. The molecule has 1 heterocycles. The molecule has 0 bridgehead atoms. The number of rotatable bonds is 4. The summed E-state index contributed by atoms with van der Waals surface area (Å²) in [7, 11) is 0. The topological polar surface area (TPSA) is 15.3 Å². The molecular weight excluding hydrogens is 232 g/mol. The molecule has 1 aromatic rings. The highest BCUT2D eigenvalue weighted by atomic mass is 15.2. The lowest BCUT2D eigenvalue weighted by molar-refractivity contribution is 0.189. The Kier molecular flexibility index (Phi) is 3.90. The molecule has 1 saturated carbocycles. The van der Waals surface area contributed by atoms with Crippen LogP contribution in [0.5, 0.6) is 0 Å². The summed E-state index contributed by atoms with van der Waals surface area (Å²) in [4.78, 5) is 2.69. The first-order chi connectivity index (χ1) is 9.22. The zero-order valence-electron chi connectivity index (χ0n) is 12.3. The molecule has 1 aromatic carbocycles. The van der Waals surface area contributed by atoms with Crippen molar-refractivity contribution in [1.29, 1.82) is 0 Å². The molecule has 2 heteroatoms. The van der Waals surface area contributed by atoms with Gasteiger partial charge in [0.05, 0.1) is 0 Å². The molecule has 104 valence electrons. The van der Waals surface area contributed by atoms with Crippen molar-refractivity contribution < 1.29 is 0 Å². The van der Waals surface area contributed by atoms with Crippen LogP contribution in [0.3, 0.4) is 0 Å². The summed E-state index contributed by atoms with van der Waals surface area (Å²) in [5.74, 6) is 0. The zero-order chi connectivity index (χ0) is 13.2. The molecule has 19 heavy (non-hydrogen) atoms. The van der Waals surface area contributed by atoms with Crippen LogP contribution in [-0.2, 0) is 6.54 Å². The van der Waals surface area contributed by atoms with E-state index in [2.05, 4.69) is 42.3 Å². The lowest BCUT2D eigenvalue weighted by Crippen LogP contribution is -2.43. The van der Waals surface area contributed by atoms with Gasteiger partial charge >= 0.3 is 0 Å². The maximum absolute atomic E-state index is 3.76. The minimum absolute atomic E-state index is 0.718. The molecule has 3 rings (SSSR count). The molecule has 2 aliphatic rings. The average Bonchev–Trinajstić information content (AvgIpc) is 3.25. The van der Waals surface area contributed by atoms with Crippen LogP contribution in [-0.4, -0.2) is 30.1 Å². The van der Waals surface area contributed by atoms with Crippen LogP contribution in [0.25, 0.3) is 0 Å². The normalized spacial score (nSPS) is 21.8. The second kappa shape index (κ2) is 5.64. The number of piperidine rings is 1. The summed E-state index contributed by atoms with van der Waals surface area (Å²) in [6.45, 7) is 8.02. The van der Waals surface area contributed by atoms with Crippen LogP contribution in [0.15, 0.2) is 18.2 Å². The Morgan fingerprint density at radius 2 is 1.84 bits per heavy atom. The van der Waals surface area contributed by atoms with Crippen LogP contribution in [0, 0.1) is 13.8 Å². The van der Waals surface area contributed by atoms with Gasteiger partial charge in [-0.3, -0.25) is 0 Å². The summed E-state index contributed by atoms with van der Waals surface area (Å²) in [5, 5.41) is 3.76. The van der Waals surface area contributed by atoms with Gasteiger partial charge in [-0.25, -0.2) is 0 Å². The van der Waals surface area contributed by atoms with Crippen LogP contribution in [0.4, 0.5) is 0 Å². The Morgan fingerprint density at radius 1 is 1.11 bits per heavy atom. The van der Waals surface area contributed by atoms with Gasteiger partial charge in [0.15, 0.2) is 0 Å². The predicted octanol–water partition coefficient (Wildman–Crippen LogP) is 3.02. The molecule has 0 atom stereocenters. The van der Waals surface area contributed by atoms with Crippen molar-refractivity contribution in [1.82, 2.24) is 10.2 Å². The standard InChI is InChI=1S/C17H26N2/c1-13-3-4-14(2)15(11-13)12-18-16-7-9-19(10-8-16)17-5-6-17/h3-4,11,16-18H,5-10,12H2,1-2H3. The first kappa shape index (κ1) is 13.1. The van der Waals surface area contributed by atoms with Gasteiger partial charge in [0.2, 0.25) is 0 Å². The van der Waals surface area contributed by atoms with Crippen molar-refractivity contribution in [2.24, 2.45) is 0 Å². The van der Waals surface area contributed by atoms with E-state index in [9.17, 15) is 0 Å². The van der Waals surface area contributed by atoms with Crippen molar-refractivity contribution in [3.8, 4) is 0 Å². The van der Waals surface area contributed by atoms with Crippen LogP contribution < -0.4 is 5.32 Å². The summed E-state index contributed by atoms with van der Waals surface area (Å²) in [6, 6.07) is 8.42. The van der Waals surface area contributed by atoms with E-state index >= 15 is 0 Å². The molecular formula is C17H26N2. The summed E-state index contributed by atoms with van der Waals surface area (Å²) in [6.07, 6.45) is 5.53. The van der Waals surface area contributed by atoms with Crippen molar-refractivity contribution in [2.45, 2.75) is 58.2 Å². The number of nitrogens with one attached hydrogen (secondary N) is 1. The third-order valence-corrected chi connectivity index (χ3v) is 4.68. The predicted molar refractivity (Wildman–Crippen MR) is 80.4 cm³/mol. The number of hydrogen-bond acceptors (Lipinski definition) is 2. The van der Waals surface area contributed by atoms with Crippen molar-refractivity contribution in [3.05, 3.63) is 34.9 Å². The first-order valence-corrected chi connectivity index (χ1v) is 7.76. The maximum atomic E-state index is 3.76. The van der Waals surface area contributed by atoms with E-state index in [0.717, 1.165) is 18.6 Å². The highest BCUT2D eigenvalue weighted by Gasteiger charge is 2.31. The molecule has 1 aliphatic carbocycles. The van der Waals surface area contributed by atoms with E-state index in [0.29, 0.717) is 0 Å². The van der Waals surface area contributed by atoms with Gasteiger partial charge in [-0.2, -0.15) is 0 Å². The Bertz CT molecular complexity index is 429. The Labute approximate surface area is 117 Å². The first-order valence-electron chi connectivity index (χ1n) is 7.76. The molecule has 0 aromatic heterocycles. The van der Waals surface area contributed by atoms with E-state index in [4.69, 9.17) is 0 Å². The molecule has 0 unspecified atom stereocenters. The number of aryl methyl sites for hydroxylation is 2. The molecule has 2 nitrogen and oxygen atoms in total. The Hall–Kier alpha value is -0.860. The van der Waals surface area contributed by atoms with E-state index in [1.165, 1.54) is 55.5 Å². The van der Waals surface area contributed by atoms with E-state index < -0.39 is 0 Å². The fraction of sp³-hybridized carbons (Fsp3) is 0.647. The minimum Gasteiger partial charge on any atom is -0.310 e. The third-order valence-electron chi connectivity index (χ3n) is 4.68. The van der Waals surface area contributed by atoms with Gasteiger partial charge in [0, 0.05) is 18.6 Å². The largest absolute Gasteiger partial charge is 0.310 e. The monoisotopic (exact) mass is 258 g/mol. The Balaban J connectivity index is 1.48. The molecule has 0 spiro atoms. The van der Waals surface area contributed by atoms with Crippen molar-refractivity contribution >= 4 is 0 Å². The number of nitrogens with zero attached hydrogens (tertiary/aromatic N) is 1. The second-order valence-corrected chi connectivity index (χ2v) is 6.35. The SMILES string of the molecule is Cc1ccc(C)c(CNC2CCN(C3CC3)CC2)c1. The zero-order valence-corrected chi connectivity index (χ0v) is 12.3. The highest BCUT2D eigenvalue weighted by Crippen LogP contribution is 2.29. The molecule has 0 radical (unpaired) electrons. The van der Waals surface area contributed by atoms with Crippen molar-refractivity contribution in [2.75, 3.05) is 13.1 Å². The van der Waals surface area contributed by atoms with Gasteiger partial charge in [-0.15, -0.1) is 0 Å². The smallest absolute Gasteiger partial charge is 0.0210 e. The van der Waals surface area contributed by atoms with Crippen molar-refractivity contribution in [3.63, 3.8) is 0 Å². The minimum atomic E-state index is 0.718. The fourth-order valence-corrected chi connectivity index (χ4v) is 3.15. The third kappa shape index (κ3) is 3.37. The lowest BCUT2D eigenvalue weighted by Gasteiger charge is -2.32. The van der Waals surface area contributed by atoms with Gasteiger partial charge in [-0.1, -0.05) is 23.8 Å². The lowest BCUT2D eigenvalue weighted by atomic mass is 10.0. The number of likely N-dealkylation sites (tertiary alicyclic amines) is 1. The van der Waals surface area contributed by atoms with Crippen LogP contribution in [0.2, 0.25) is 0 Å². The van der Waals surface area contributed by atoms with Crippen LogP contribution in [0.1, 0.15) is 42.4 Å². The van der Waals surface area contributed by atoms with Gasteiger partial charge in [0.25, 0.3) is 0 Å². The quantitative estimate of drug-likeness (QED) is 0.893. The molecule has 1 aliphatic heterocycles. The molecule has 1 N–H and O–H groups in total.